The van der Waals surface area contributed by atoms with Gasteiger partial charge < -0.3 is 15.2 Å². The highest BCUT2D eigenvalue weighted by molar-refractivity contribution is 9.10. The molecule has 1 amide bonds. The minimum atomic E-state index is -0.251. The molecule has 0 fully saturated rings. The van der Waals surface area contributed by atoms with Gasteiger partial charge in [0.15, 0.2) is 0 Å². The van der Waals surface area contributed by atoms with Crippen molar-refractivity contribution >= 4 is 49.8 Å². The van der Waals surface area contributed by atoms with Gasteiger partial charge in [0.25, 0.3) is 11.5 Å². The highest BCUT2D eigenvalue weighted by atomic mass is 79.9. The lowest BCUT2D eigenvalue weighted by Gasteiger charge is -2.13. The van der Waals surface area contributed by atoms with Gasteiger partial charge in [-0.25, -0.2) is 4.98 Å². The van der Waals surface area contributed by atoms with Gasteiger partial charge in [-0.3, -0.25) is 14.6 Å². The predicted molar refractivity (Wildman–Crippen MR) is 121 cm³/mol. The summed E-state index contributed by atoms with van der Waals surface area (Å²) >= 11 is 3.32. The Hall–Kier alpha value is -3.52. The number of benzene rings is 2. The molecule has 0 unspecified atom stereocenters. The van der Waals surface area contributed by atoms with Gasteiger partial charge in [0, 0.05) is 41.0 Å². The van der Waals surface area contributed by atoms with Crippen LogP contribution < -0.4 is 16.2 Å². The Morgan fingerprint density at radius 1 is 1.07 bits per heavy atom. The fourth-order valence-electron chi connectivity index (χ4n) is 3.02. The molecule has 30 heavy (non-hydrogen) atoms. The van der Waals surface area contributed by atoms with Crippen LogP contribution in [0.1, 0.15) is 15.9 Å². The highest BCUT2D eigenvalue weighted by Crippen LogP contribution is 2.26. The van der Waals surface area contributed by atoms with Gasteiger partial charge >= 0.3 is 0 Å². The molecule has 4 aromatic rings. The zero-order chi connectivity index (χ0) is 21.3. The van der Waals surface area contributed by atoms with E-state index in [1.807, 2.05) is 31.2 Å². The average molecular weight is 464 g/mol. The van der Waals surface area contributed by atoms with E-state index in [0.717, 1.165) is 21.4 Å². The van der Waals surface area contributed by atoms with Crippen LogP contribution in [-0.4, -0.2) is 20.4 Å². The normalized spacial score (nSPS) is 10.8. The van der Waals surface area contributed by atoms with Gasteiger partial charge in [0.1, 0.15) is 0 Å². The topological polar surface area (TPSA) is 88.9 Å². The average Bonchev–Trinajstić information content (AvgIpc) is 2.73. The zero-order valence-corrected chi connectivity index (χ0v) is 17.9. The first-order chi connectivity index (χ1) is 14.4. The van der Waals surface area contributed by atoms with Crippen LogP contribution >= 0.6 is 15.9 Å². The number of nitrogens with one attached hydrogen (secondary N) is 2. The number of fused-ring (bicyclic) bond motifs is 1. The van der Waals surface area contributed by atoms with Crippen molar-refractivity contribution in [1.29, 1.82) is 0 Å². The standard InChI is InChI=1S/C22H18BrN5O2/c1-13-3-4-17(27-21(29)14-7-15(23)11-24-10-14)9-20(13)26-16-5-6-19-18(8-16)22(30)28(2)12-25-19/h3-12,26H,1-2H3,(H,27,29). The number of halogens is 1. The molecule has 0 aliphatic heterocycles. The fraction of sp³-hybridized carbons (Fsp3) is 0.0909. The van der Waals surface area contributed by atoms with Gasteiger partial charge in [-0.2, -0.15) is 0 Å². The Labute approximate surface area is 180 Å². The Balaban J connectivity index is 1.61. The van der Waals surface area contributed by atoms with Gasteiger partial charge in [-0.05, 0) is 64.8 Å². The molecule has 0 saturated carbocycles. The van der Waals surface area contributed by atoms with Crippen molar-refractivity contribution in [3.63, 3.8) is 0 Å². The molecular weight excluding hydrogens is 446 g/mol. The molecule has 150 valence electrons. The van der Waals surface area contributed by atoms with Crippen LogP contribution in [0.5, 0.6) is 0 Å². The van der Waals surface area contributed by atoms with Gasteiger partial charge in [-0.15, -0.1) is 0 Å². The first-order valence-corrected chi connectivity index (χ1v) is 9.95. The number of pyridine rings is 1. The zero-order valence-electron chi connectivity index (χ0n) is 16.3. The molecule has 0 aliphatic carbocycles. The molecule has 4 rings (SSSR count). The summed E-state index contributed by atoms with van der Waals surface area (Å²) in [5.74, 6) is -0.251. The monoisotopic (exact) mass is 463 g/mol. The molecule has 2 heterocycles. The second-order valence-electron chi connectivity index (χ2n) is 6.89. The quantitative estimate of drug-likeness (QED) is 0.468. The second-order valence-corrected chi connectivity index (χ2v) is 7.81. The number of aromatic nitrogens is 3. The number of carbonyl (C=O) groups excluding carboxylic acids is 1. The molecule has 8 heteroatoms. The lowest BCUT2D eigenvalue weighted by Crippen LogP contribution is -2.16. The summed E-state index contributed by atoms with van der Waals surface area (Å²) in [5.41, 5.74) is 4.21. The number of rotatable bonds is 4. The van der Waals surface area contributed by atoms with E-state index in [1.165, 1.54) is 17.1 Å². The van der Waals surface area contributed by atoms with Crippen molar-refractivity contribution in [2.24, 2.45) is 7.05 Å². The first kappa shape index (κ1) is 19.8. The minimum absolute atomic E-state index is 0.107. The van der Waals surface area contributed by atoms with Crippen LogP contribution in [0, 0.1) is 6.92 Å². The third-order valence-electron chi connectivity index (χ3n) is 4.66. The van der Waals surface area contributed by atoms with Crippen LogP contribution in [0.15, 0.2) is 70.5 Å². The van der Waals surface area contributed by atoms with Crippen LogP contribution in [0.25, 0.3) is 10.9 Å². The number of hydrogen-bond donors (Lipinski definition) is 2. The first-order valence-electron chi connectivity index (χ1n) is 9.16. The summed E-state index contributed by atoms with van der Waals surface area (Å²) in [6.07, 6.45) is 4.64. The van der Waals surface area contributed by atoms with Crippen LogP contribution in [0.4, 0.5) is 17.1 Å². The lowest BCUT2D eigenvalue weighted by atomic mass is 10.1. The van der Waals surface area contributed by atoms with Gasteiger partial charge in [0.2, 0.25) is 0 Å². The Morgan fingerprint density at radius 2 is 1.87 bits per heavy atom. The number of nitrogens with zero attached hydrogens (tertiary/aromatic N) is 3. The summed E-state index contributed by atoms with van der Waals surface area (Å²) < 4.78 is 2.18. The molecule has 0 saturated heterocycles. The fourth-order valence-corrected chi connectivity index (χ4v) is 3.38. The molecule has 7 nitrogen and oxygen atoms in total. The largest absolute Gasteiger partial charge is 0.355 e. The smallest absolute Gasteiger partial charge is 0.260 e. The van der Waals surface area contributed by atoms with E-state index in [1.54, 1.807) is 31.4 Å². The van der Waals surface area contributed by atoms with Gasteiger partial charge in [-0.1, -0.05) is 6.07 Å². The SMILES string of the molecule is Cc1ccc(NC(=O)c2cncc(Br)c2)cc1Nc1ccc2ncn(C)c(=O)c2c1. The molecular formula is C22H18BrN5O2. The van der Waals surface area contributed by atoms with E-state index >= 15 is 0 Å². The van der Waals surface area contributed by atoms with Crippen molar-refractivity contribution in [2.75, 3.05) is 10.6 Å². The van der Waals surface area contributed by atoms with Crippen molar-refractivity contribution < 1.29 is 4.79 Å². The molecule has 2 aromatic carbocycles. The van der Waals surface area contributed by atoms with E-state index in [-0.39, 0.29) is 11.5 Å². The van der Waals surface area contributed by atoms with E-state index in [0.29, 0.717) is 22.2 Å². The maximum absolute atomic E-state index is 12.5. The van der Waals surface area contributed by atoms with Crippen LogP contribution in [0.2, 0.25) is 0 Å². The number of hydrogen-bond acceptors (Lipinski definition) is 5. The van der Waals surface area contributed by atoms with Crippen LogP contribution in [0.3, 0.4) is 0 Å². The van der Waals surface area contributed by atoms with E-state index in [4.69, 9.17) is 0 Å². The lowest BCUT2D eigenvalue weighted by molar-refractivity contribution is 0.102. The highest BCUT2D eigenvalue weighted by Gasteiger charge is 2.10. The summed E-state index contributed by atoms with van der Waals surface area (Å²) in [6.45, 7) is 1.97. The number of amides is 1. The van der Waals surface area contributed by atoms with Crippen molar-refractivity contribution in [3.05, 3.63) is 87.1 Å². The third-order valence-corrected chi connectivity index (χ3v) is 5.09. The molecule has 2 N–H and O–H groups in total. The maximum Gasteiger partial charge on any atom is 0.260 e. The predicted octanol–water partition coefficient (Wildman–Crippen LogP) is 4.40. The van der Waals surface area contributed by atoms with E-state index in [2.05, 4.69) is 36.5 Å². The Bertz CT molecular complexity index is 1330. The summed E-state index contributed by atoms with van der Waals surface area (Å²) in [7, 11) is 1.67. The van der Waals surface area contributed by atoms with Crippen molar-refractivity contribution in [3.8, 4) is 0 Å². The molecule has 2 aromatic heterocycles. The number of anilines is 3. The minimum Gasteiger partial charge on any atom is -0.355 e. The maximum atomic E-state index is 12.5. The molecule has 0 radical (unpaired) electrons. The summed E-state index contributed by atoms with van der Waals surface area (Å²) in [6, 6.07) is 12.8. The van der Waals surface area contributed by atoms with Crippen LogP contribution in [-0.2, 0) is 7.05 Å². The summed E-state index contributed by atoms with van der Waals surface area (Å²) in [4.78, 5) is 33.2. The summed E-state index contributed by atoms with van der Waals surface area (Å²) in [5, 5.41) is 6.74. The van der Waals surface area contributed by atoms with E-state index < -0.39 is 0 Å². The Morgan fingerprint density at radius 3 is 2.67 bits per heavy atom. The van der Waals surface area contributed by atoms with Crippen molar-refractivity contribution in [2.45, 2.75) is 6.92 Å². The molecule has 0 spiro atoms. The third kappa shape index (κ3) is 4.08. The molecule has 0 atom stereocenters. The molecule has 0 bridgehead atoms. The van der Waals surface area contributed by atoms with E-state index in [9.17, 15) is 9.59 Å². The second kappa shape index (κ2) is 8.08. The molecule has 0 aliphatic rings. The number of aryl methyl sites for hydroxylation is 2. The van der Waals surface area contributed by atoms with Gasteiger partial charge in [0.05, 0.1) is 22.8 Å². The Kier molecular flexibility index (Phi) is 5.33. The van der Waals surface area contributed by atoms with Crippen molar-refractivity contribution in [1.82, 2.24) is 14.5 Å². The number of carbonyl (C=O) groups is 1.